The first-order chi connectivity index (χ1) is 22.2. The average molecular weight is 647 g/mol. The van der Waals surface area contributed by atoms with Gasteiger partial charge in [-0.25, -0.2) is 8.78 Å². The number of halogens is 4. The van der Waals surface area contributed by atoms with E-state index in [-0.39, 0.29) is 47.3 Å². The van der Waals surface area contributed by atoms with Crippen LogP contribution in [-0.2, 0) is 22.4 Å². The second kappa shape index (κ2) is 12.4. The number of nitrogens with zero attached hydrogens (tertiary/aromatic N) is 5. The van der Waals surface area contributed by atoms with Crippen LogP contribution in [0.1, 0.15) is 43.7 Å². The zero-order valence-electron chi connectivity index (χ0n) is 25.5. The number of hydrogen-bond acceptors (Lipinski definition) is 8. The van der Waals surface area contributed by atoms with Gasteiger partial charge in [-0.3, -0.25) is 9.78 Å². The van der Waals surface area contributed by atoms with Gasteiger partial charge in [0.25, 0.3) is 5.89 Å². The number of fused-ring (bicyclic) bond motifs is 1. The molecule has 0 saturated heterocycles. The van der Waals surface area contributed by atoms with Crippen molar-refractivity contribution in [2.75, 3.05) is 4.90 Å². The molecule has 0 bridgehead atoms. The van der Waals surface area contributed by atoms with Gasteiger partial charge in [0.2, 0.25) is 11.8 Å². The van der Waals surface area contributed by atoms with Crippen molar-refractivity contribution in [2.45, 2.75) is 56.5 Å². The van der Waals surface area contributed by atoms with Crippen LogP contribution in [0.4, 0.5) is 23.2 Å². The summed E-state index contributed by atoms with van der Waals surface area (Å²) in [6.07, 6.45) is -1.31. The number of nitriles is 1. The Morgan fingerprint density at radius 2 is 1.91 bits per heavy atom. The number of allylic oxidation sites excluding steroid dienone is 1. The lowest BCUT2D eigenvalue weighted by atomic mass is 9.85. The van der Waals surface area contributed by atoms with E-state index in [4.69, 9.17) is 10.2 Å². The Kier molecular flexibility index (Phi) is 8.75. The van der Waals surface area contributed by atoms with Gasteiger partial charge in [0.15, 0.2) is 0 Å². The van der Waals surface area contributed by atoms with Gasteiger partial charge in [-0.1, -0.05) is 36.9 Å². The molecule has 4 aromatic rings. The van der Waals surface area contributed by atoms with E-state index in [0.29, 0.717) is 22.9 Å². The number of nitrogens with two attached hydrogens (primary N) is 1. The number of amides is 1. The van der Waals surface area contributed by atoms with Gasteiger partial charge in [0, 0.05) is 30.0 Å². The Bertz CT molecular complexity index is 1870. The van der Waals surface area contributed by atoms with Crippen LogP contribution in [0.25, 0.3) is 22.7 Å². The Balaban J connectivity index is 1.52. The van der Waals surface area contributed by atoms with Crippen LogP contribution < -0.4 is 15.4 Å². The summed E-state index contributed by atoms with van der Waals surface area (Å²) in [6.45, 7) is 9.71. The molecule has 0 fully saturated rings. The number of aromatic nitrogens is 3. The Hall–Kier alpha value is -5.35. The number of rotatable bonds is 10. The van der Waals surface area contributed by atoms with E-state index in [1.807, 2.05) is 6.07 Å². The van der Waals surface area contributed by atoms with Crippen LogP contribution in [0.3, 0.4) is 0 Å². The predicted molar refractivity (Wildman–Crippen MR) is 165 cm³/mol. The molecule has 0 saturated carbocycles. The molecule has 1 unspecified atom stereocenters. The lowest BCUT2D eigenvalue weighted by molar-refractivity contribution is -0.131. The molecule has 1 aliphatic heterocycles. The molecule has 2 N–H and O–H groups in total. The van der Waals surface area contributed by atoms with Gasteiger partial charge < -0.3 is 19.8 Å². The lowest BCUT2D eigenvalue weighted by Gasteiger charge is -2.27. The van der Waals surface area contributed by atoms with E-state index in [1.165, 1.54) is 29.2 Å². The minimum atomic E-state index is -3.54. The third-order valence-electron chi connectivity index (χ3n) is 7.74. The van der Waals surface area contributed by atoms with Gasteiger partial charge in [0.1, 0.15) is 22.7 Å². The quantitative estimate of drug-likeness (QED) is 0.145. The van der Waals surface area contributed by atoms with Crippen LogP contribution in [-0.4, -0.2) is 33.2 Å². The first-order valence-electron chi connectivity index (χ1n) is 14.4. The summed E-state index contributed by atoms with van der Waals surface area (Å²) in [5, 5.41) is 17.3. The smallest absolute Gasteiger partial charge is 0.419 e. The molecule has 242 valence electrons. The van der Waals surface area contributed by atoms with E-state index in [1.54, 1.807) is 38.1 Å². The monoisotopic (exact) mass is 646 g/mol. The van der Waals surface area contributed by atoms with Crippen molar-refractivity contribution in [3.8, 4) is 34.5 Å². The maximum atomic E-state index is 16.6. The SMILES string of the molecule is C=CCC1(F)C[C@H](N)C(=O)N(Cc2ccc(-c3ccc(OC(F)(F)C=C)cn3)cc2)c2cc(-c3nnc(C(C)(C)C#N)o3)c(F)cc21. The molecular formula is C34H30F4N6O3. The van der Waals surface area contributed by atoms with Crippen molar-refractivity contribution in [3.05, 3.63) is 103 Å². The molecule has 9 nitrogen and oxygen atoms in total. The maximum absolute atomic E-state index is 16.6. The minimum absolute atomic E-state index is 0.0442. The van der Waals surface area contributed by atoms with Crippen molar-refractivity contribution in [1.29, 1.82) is 5.26 Å². The van der Waals surface area contributed by atoms with Crippen molar-refractivity contribution >= 4 is 11.6 Å². The summed E-state index contributed by atoms with van der Waals surface area (Å²) in [5.41, 5.74) is 4.34. The summed E-state index contributed by atoms with van der Waals surface area (Å²) in [6, 6.07) is 12.7. The number of hydrogen-bond donors (Lipinski definition) is 1. The van der Waals surface area contributed by atoms with Crippen LogP contribution in [0.2, 0.25) is 0 Å². The molecule has 0 aliphatic carbocycles. The zero-order valence-corrected chi connectivity index (χ0v) is 25.5. The van der Waals surface area contributed by atoms with Gasteiger partial charge in [-0.2, -0.15) is 14.0 Å². The van der Waals surface area contributed by atoms with E-state index < -0.39 is 41.4 Å². The highest BCUT2D eigenvalue weighted by atomic mass is 19.3. The first kappa shape index (κ1) is 33.0. The van der Waals surface area contributed by atoms with Crippen LogP contribution in [0.5, 0.6) is 5.75 Å². The largest absolute Gasteiger partial charge is 0.428 e. The molecule has 3 heterocycles. The molecule has 2 aromatic heterocycles. The number of carbonyl (C=O) groups is 1. The van der Waals surface area contributed by atoms with Gasteiger partial charge in [0.05, 0.1) is 41.8 Å². The van der Waals surface area contributed by atoms with E-state index in [0.717, 1.165) is 12.3 Å². The van der Waals surface area contributed by atoms with Crippen molar-refractivity contribution in [3.63, 3.8) is 0 Å². The fourth-order valence-electron chi connectivity index (χ4n) is 5.16. The molecule has 0 radical (unpaired) electrons. The third-order valence-corrected chi connectivity index (χ3v) is 7.74. The second-order valence-corrected chi connectivity index (χ2v) is 11.6. The summed E-state index contributed by atoms with van der Waals surface area (Å²) < 4.78 is 69.4. The molecule has 2 atom stereocenters. The molecule has 5 rings (SSSR count). The molecule has 13 heteroatoms. The van der Waals surface area contributed by atoms with Crippen molar-refractivity contribution in [2.24, 2.45) is 5.73 Å². The summed E-state index contributed by atoms with van der Waals surface area (Å²) in [7, 11) is 0. The molecule has 1 aliphatic rings. The van der Waals surface area contributed by atoms with Crippen molar-refractivity contribution < 1.29 is 31.5 Å². The number of carbonyl (C=O) groups excluding carboxylic acids is 1. The van der Waals surface area contributed by atoms with E-state index in [2.05, 4.69) is 33.1 Å². The van der Waals surface area contributed by atoms with Gasteiger partial charge in [-0.05, 0) is 43.7 Å². The average Bonchev–Trinajstić information content (AvgIpc) is 3.53. The van der Waals surface area contributed by atoms with Crippen molar-refractivity contribution in [1.82, 2.24) is 15.2 Å². The summed E-state index contributed by atoms with van der Waals surface area (Å²) in [5.74, 6) is -1.91. The molecule has 1 amide bonds. The highest BCUT2D eigenvalue weighted by Gasteiger charge is 2.44. The lowest BCUT2D eigenvalue weighted by Crippen LogP contribution is -2.43. The molecular weight excluding hydrogens is 616 g/mol. The summed E-state index contributed by atoms with van der Waals surface area (Å²) >= 11 is 0. The number of ether oxygens (including phenoxy) is 1. The normalized spacial score (nSPS) is 18.2. The Morgan fingerprint density at radius 3 is 2.53 bits per heavy atom. The predicted octanol–water partition coefficient (Wildman–Crippen LogP) is 6.90. The molecule has 47 heavy (non-hydrogen) atoms. The van der Waals surface area contributed by atoms with E-state index >= 15 is 8.78 Å². The fraction of sp³-hybridized carbons (Fsp3) is 0.265. The number of anilines is 1. The topological polar surface area (TPSA) is 131 Å². The highest BCUT2D eigenvalue weighted by Crippen LogP contribution is 2.46. The highest BCUT2D eigenvalue weighted by molar-refractivity contribution is 5.99. The number of pyridine rings is 1. The maximum Gasteiger partial charge on any atom is 0.419 e. The minimum Gasteiger partial charge on any atom is -0.428 e. The first-order valence-corrected chi connectivity index (χ1v) is 14.4. The zero-order chi connectivity index (χ0) is 34.1. The van der Waals surface area contributed by atoms with Crippen LogP contribution in [0.15, 0.2) is 84.5 Å². The Morgan fingerprint density at radius 1 is 1.19 bits per heavy atom. The Labute approximate surface area is 268 Å². The molecule has 0 spiro atoms. The standard InChI is InChI=1S/C34H30F4N6O3/c1-5-13-33(36)16-26(40)30(45)44(28-14-23(25(35)15-24(28)33)29-42-43-31(46-29)32(3,4)19-39)18-20-7-9-21(10-8-20)27-12-11-22(17-41-27)47-34(37,38)6-2/h5-12,14-15,17,26H,1-2,13,16,18,40H2,3-4H3/t26-,33?/m0/s1. The second-order valence-electron chi connectivity index (χ2n) is 11.6. The van der Waals surface area contributed by atoms with Crippen LogP contribution in [0, 0.1) is 17.1 Å². The van der Waals surface area contributed by atoms with Crippen LogP contribution >= 0.6 is 0 Å². The third kappa shape index (κ3) is 6.64. The number of alkyl halides is 3. The van der Waals surface area contributed by atoms with Gasteiger partial charge >= 0.3 is 6.11 Å². The van der Waals surface area contributed by atoms with E-state index in [9.17, 15) is 18.8 Å². The number of benzene rings is 2. The molecule has 2 aromatic carbocycles. The van der Waals surface area contributed by atoms with Gasteiger partial charge in [-0.15, -0.1) is 16.8 Å². The summed E-state index contributed by atoms with van der Waals surface area (Å²) in [4.78, 5) is 19.2. The fourth-order valence-corrected chi connectivity index (χ4v) is 5.16.